The third-order valence-corrected chi connectivity index (χ3v) is 5.65. The van der Waals surface area contributed by atoms with Gasteiger partial charge in [-0.3, -0.25) is 14.5 Å². The summed E-state index contributed by atoms with van der Waals surface area (Å²) < 4.78 is 11.1. The fourth-order valence-corrected chi connectivity index (χ4v) is 3.77. The molecule has 2 aromatic carbocycles. The maximum Gasteiger partial charge on any atom is 0.325 e. The monoisotopic (exact) mass is 423 g/mol. The molecule has 0 bridgehead atoms. The van der Waals surface area contributed by atoms with Crippen molar-refractivity contribution in [2.75, 3.05) is 19.8 Å². The maximum atomic E-state index is 13.0. The first-order valence-electron chi connectivity index (χ1n) is 10.2. The van der Waals surface area contributed by atoms with E-state index in [1.807, 2.05) is 38.1 Å². The number of benzene rings is 2. The first kappa shape index (κ1) is 20.7. The first-order valence-corrected chi connectivity index (χ1v) is 10.2. The predicted octanol–water partition coefficient (Wildman–Crippen LogP) is 2.41. The van der Waals surface area contributed by atoms with Gasteiger partial charge in [-0.1, -0.05) is 35.9 Å². The van der Waals surface area contributed by atoms with Gasteiger partial charge >= 0.3 is 6.03 Å². The van der Waals surface area contributed by atoms with Gasteiger partial charge in [0.25, 0.3) is 5.91 Å². The SMILES string of the molecule is Cc1ccc(C2(C)NC(=O)N(CC(=O)NC(C)c3ccc4c(c3)OCCO4)C2=O)cc1. The molecular formula is C23H25N3O5. The maximum absolute atomic E-state index is 13.0. The smallest absolute Gasteiger partial charge is 0.325 e. The minimum absolute atomic E-state index is 0.340. The summed E-state index contributed by atoms with van der Waals surface area (Å²) in [7, 11) is 0. The van der Waals surface area contributed by atoms with E-state index in [2.05, 4.69) is 10.6 Å². The van der Waals surface area contributed by atoms with Crippen LogP contribution >= 0.6 is 0 Å². The summed E-state index contributed by atoms with van der Waals surface area (Å²) >= 11 is 0. The summed E-state index contributed by atoms with van der Waals surface area (Å²) in [4.78, 5) is 39.0. The average Bonchev–Trinajstić information content (AvgIpc) is 2.97. The fraction of sp³-hybridized carbons (Fsp3) is 0.348. The van der Waals surface area contributed by atoms with Crippen molar-refractivity contribution in [3.05, 3.63) is 59.2 Å². The van der Waals surface area contributed by atoms with Crippen LogP contribution in [0.3, 0.4) is 0 Å². The molecule has 162 valence electrons. The highest BCUT2D eigenvalue weighted by molar-refractivity contribution is 6.09. The molecule has 4 rings (SSSR count). The van der Waals surface area contributed by atoms with Crippen LogP contribution in [0.25, 0.3) is 0 Å². The number of aryl methyl sites for hydroxylation is 1. The van der Waals surface area contributed by atoms with Gasteiger partial charge in [-0.2, -0.15) is 0 Å². The van der Waals surface area contributed by atoms with E-state index in [9.17, 15) is 14.4 Å². The number of fused-ring (bicyclic) bond motifs is 1. The van der Waals surface area contributed by atoms with Crippen molar-refractivity contribution in [1.29, 1.82) is 0 Å². The molecule has 4 amide bonds. The highest BCUT2D eigenvalue weighted by Gasteiger charge is 2.49. The minimum Gasteiger partial charge on any atom is -0.486 e. The first-order chi connectivity index (χ1) is 14.8. The molecule has 0 radical (unpaired) electrons. The number of urea groups is 1. The molecule has 2 aliphatic heterocycles. The molecule has 1 saturated heterocycles. The van der Waals surface area contributed by atoms with E-state index in [-0.39, 0.29) is 12.6 Å². The second-order valence-electron chi connectivity index (χ2n) is 8.00. The van der Waals surface area contributed by atoms with Gasteiger partial charge in [0.1, 0.15) is 25.3 Å². The lowest BCUT2D eigenvalue weighted by atomic mass is 9.91. The number of imide groups is 1. The number of nitrogens with zero attached hydrogens (tertiary/aromatic N) is 1. The summed E-state index contributed by atoms with van der Waals surface area (Å²) in [5.74, 6) is 0.415. The molecule has 0 spiro atoms. The number of nitrogens with one attached hydrogen (secondary N) is 2. The number of carbonyl (C=O) groups is 3. The molecule has 2 aromatic rings. The summed E-state index contributed by atoms with van der Waals surface area (Å²) in [6.45, 7) is 6.04. The van der Waals surface area contributed by atoms with E-state index in [4.69, 9.17) is 9.47 Å². The Morgan fingerprint density at radius 1 is 1.13 bits per heavy atom. The van der Waals surface area contributed by atoms with Crippen molar-refractivity contribution in [3.63, 3.8) is 0 Å². The molecule has 8 heteroatoms. The molecule has 31 heavy (non-hydrogen) atoms. The molecule has 0 saturated carbocycles. The van der Waals surface area contributed by atoms with Gasteiger partial charge in [0.2, 0.25) is 5.91 Å². The van der Waals surface area contributed by atoms with Crippen LogP contribution in [0, 0.1) is 6.92 Å². The largest absolute Gasteiger partial charge is 0.486 e. The molecule has 2 atom stereocenters. The van der Waals surface area contributed by atoms with Gasteiger partial charge < -0.3 is 20.1 Å². The summed E-state index contributed by atoms with van der Waals surface area (Å²) in [5.41, 5.74) is 1.35. The number of hydrogen-bond donors (Lipinski definition) is 2. The van der Waals surface area contributed by atoms with Gasteiger partial charge in [0, 0.05) is 0 Å². The second kappa shape index (κ2) is 7.94. The van der Waals surface area contributed by atoms with E-state index in [1.165, 1.54) is 0 Å². The lowest BCUT2D eigenvalue weighted by Gasteiger charge is -2.23. The topological polar surface area (TPSA) is 97.0 Å². The van der Waals surface area contributed by atoms with E-state index in [0.29, 0.717) is 30.3 Å². The van der Waals surface area contributed by atoms with Crippen molar-refractivity contribution in [1.82, 2.24) is 15.5 Å². The van der Waals surface area contributed by atoms with Crippen LogP contribution in [0.4, 0.5) is 4.79 Å². The zero-order chi connectivity index (χ0) is 22.2. The van der Waals surface area contributed by atoms with Crippen LogP contribution in [0.2, 0.25) is 0 Å². The Bertz CT molecular complexity index is 1040. The van der Waals surface area contributed by atoms with Crippen molar-refractivity contribution in [2.24, 2.45) is 0 Å². The number of ether oxygens (including phenoxy) is 2. The molecule has 2 N–H and O–H groups in total. The van der Waals surface area contributed by atoms with Crippen LogP contribution in [-0.4, -0.2) is 42.5 Å². The average molecular weight is 423 g/mol. The molecule has 8 nitrogen and oxygen atoms in total. The van der Waals surface area contributed by atoms with Crippen LogP contribution in [0.1, 0.15) is 36.6 Å². The molecule has 0 aromatic heterocycles. The Morgan fingerprint density at radius 2 is 1.81 bits per heavy atom. The molecule has 2 unspecified atom stereocenters. The quantitative estimate of drug-likeness (QED) is 0.720. The third kappa shape index (κ3) is 3.93. The third-order valence-electron chi connectivity index (χ3n) is 5.65. The van der Waals surface area contributed by atoms with Crippen LogP contribution in [0.15, 0.2) is 42.5 Å². The summed E-state index contributed by atoms with van der Waals surface area (Å²) in [6.07, 6.45) is 0. The Kier molecular flexibility index (Phi) is 5.31. The van der Waals surface area contributed by atoms with E-state index in [0.717, 1.165) is 16.0 Å². The number of amides is 4. The van der Waals surface area contributed by atoms with Crippen molar-refractivity contribution >= 4 is 17.8 Å². The Morgan fingerprint density at radius 3 is 2.52 bits per heavy atom. The number of hydrogen-bond acceptors (Lipinski definition) is 5. The second-order valence-corrected chi connectivity index (χ2v) is 8.00. The predicted molar refractivity (Wildman–Crippen MR) is 113 cm³/mol. The minimum atomic E-state index is -1.20. The number of rotatable bonds is 5. The molecule has 2 heterocycles. The number of carbonyl (C=O) groups excluding carboxylic acids is 3. The molecule has 2 aliphatic rings. The molecule has 1 fully saturated rings. The van der Waals surface area contributed by atoms with Crippen LogP contribution in [-0.2, 0) is 15.1 Å². The van der Waals surface area contributed by atoms with Crippen molar-refractivity contribution < 1.29 is 23.9 Å². The summed E-state index contributed by atoms with van der Waals surface area (Å²) in [6, 6.07) is 11.9. The lowest BCUT2D eigenvalue weighted by molar-refractivity contribution is -0.135. The van der Waals surface area contributed by atoms with Crippen LogP contribution < -0.4 is 20.1 Å². The highest BCUT2D eigenvalue weighted by atomic mass is 16.6. The zero-order valence-corrected chi connectivity index (χ0v) is 17.7. The van der Waals surface area contributed by atoms with Gasteiger partial charge in [0.15, 0.2) is 11.5 Å². The highest BCUT2D eigenvalue weighted by Crippen LogP contribution is 2.33. The van der Waals surface area contributed by atoms with Gasteiger partial charge in [-0.15, -0.1) is 0 Å². The lowest BCUT2D eigenvalue weighted by Crippen LogP contribution is -2.43. The Hall–Kier alpha value is -3.55. The molecular weight excluding hydrogens is 398 g/mol. The zero-order valence-electron chi connectivity index (χ0n) is 17.7. The Balaban J connectivity index is 1.43. The van der Waals surface area contributed by atoms with Crippen molar-refractivity contribution in [3.8, 4) is 11.5 Å². The van der Waals surface area contributed by atoms with Crippen LogP contribution in [0.5, 0.6) is 11.5 Å². The normalized spacial score (nSPS) is 20.9. The van der Waals surface area contributed by atoms with Gasteiger partial charge in [-0.05, 0) is 44.0 Å². The Labute approximate surface area is 180 Å². The van der Waals surface area contributed by atoms with E-state index >= 15 is 0 Å². The van der Waals surface area contributed by atoms with Gasteiger partial charge in [-0.25, -0.2) is 4.79 Å². The summed E-state index contributed by atoms with van der Waals surface area (Å²) in [5, 5.41) is 5.55. The van der Waals surface area contributed by atoms with E-state index in [1.54, 1.807) is 25.1 Å². The molecule has 0 aliphatic carbocycles. The van der Waals surface area contributed by atoms with E-state index < -0.39 is 23.4 Å². The standard InChI is InChI=1S/C23H25N3O5/c1-14-4-7-17(8-5-14)23(3)21(28)26(22(29)25-23)13-20(27)24-15(2)16-6-9-18-19(12-16)31-11-10-30-18/h4-9,12,15H,10-11,13H2,1-3H3,(H,24,27)(H,25,29). The fourth-order valence-electron chi connectivity index (χ4n) is 3.77. The van der Waals surface area contributed by atoms with Gasteiger partial charge in [0.05, 0.1) is 6.04 Å². The van der Waals surface area contributed by atoms with Crippen molar-refractivity contribution in [2.45, 2.75) is 32.4 Å².